The summed E-state index contributed by atoms with van der Waals surface area (Å²) in [6.45, 7) is 4.70. The second-order valence-electron chi connectivity index (χ2n) is 4.47. The van der Waals surface area contributed by atoms with Gasteiger partial charge in [-0.25, -0.2) is 4.98 Å². The van der Waals surface area contributed by atoms with Gasteiger partial charge in [-0.1, -0.05) is 6.07 Å². The van der Waals surface area contributed by atoms with Crippen molar-refractivity contribution in [2.75, 3.05) is 20.7 Å². The fourth-order valence-electron chi connectivity index (χ4n) is 0.937. The van der Waals surface area contributed by atoms with Crippen molar-refractivity contribution in [2.24, 2.45) is 0 Å². The Morgan fingerprint density at radius 3 is 2.69 bits per heavy atom. The van der Waals surface area contributed by atoms with Crippen LogP contribution in [0.5, 0.6) is 5.88 Å². The first-order valence-electron chi connectivity index (χ1n) is 5.13. The Bertz CT molecular complexity index is 393. The summed E-state index contributed by atoms with van der Waals surface area (Å²) in [5.74, 6) is 0.494. The molecule has 0 aliphatic carbocycles. The summed E-state index contributed by atoms with van der Waals surface area (Å²) in [5, 5.41) is 8.70. The molecule has 1 aromatic heterocycles. The lowest BCUT2D eigenvalue weighted by molar-refractivity contribution is 0.111. The molecule has 4 nitrogen and oxygen atoms in total. The van der Waals surface area contributed by atoms with Gasteiger partial charge in [-0.3, -0.25) is 0 Å². The van der Waals surface area contributed by atoms with Crippen LogP contribution in [-0.2, 0) is 0 Å². The molecule has 0 amide bonds. The zero-order valence-corrected chi connectivity index (χ0v) is 10.2. The third kappa shape index (κ3) is 3.21. The van der Waals surface area contributed by atoms with Crippen molar-refractivity contribution in [3.63, 3.8) is 0 Å². The van der Waals surface area contributed by atoms with Gasteiger partial charge in [-0.2, -0.15) is 5.26 Å². The van der Waals surface area contributed by atoms with Gasteiger partial charge in [0, 0.05) is 11.6 Å². The SMILES string of the molecule is CN(C)C(C)(C)COc1cccc(C#N)n1. The van der Waals surface area contributed by atoms with Crippen molar-refractivity contribution < 1.29 is 4.74 Å². The van der Waals surface area contributed by atoms with Gasteiger partial charge in [-0.15, -0.1) is 0 Å². The number of hydrogen-bond acceptors (Lipinski definition) is 4. The van der Waals surface area contributed by atoms with E-state index in [-0.39, 0.29) is 5.54 Å². The van der Waals surface area contributed by atoms with Crippen LogP contribution in [0, 0.1) is 11.3 Å². The molecule has 1 heterocycles. The predicted molar refractivity (Wildman–Crippen MR) is 62.2 cm³/mol. The molecule has 0 N–H and O–H groups in total. The molecule has 0 bridgehead atoms. The molecule has 0 unspecified atom stereocenters. The number of pyridine rings is 1. The lowest BCUT2D eigenvalue weighted by Gasteiger charge is -2.31. The van der Waals surface area contributed by atoms with Crippen LogP contribution in [0.15, 0.2) is 18.2 Å². The van der Waals surface area contributed by atoms with Crippen molar-refractivity contribution in [3.05, 3.63) is 23.9 Å². The van der Waals surface area contributed by atoms with Crippen molar-refractivity contribution in [1.29, 1.82) is 5.26 Å². The highest BCUT2D eigenvalue weighted by molar-refractivity contribution is 5.24. The third-order valence-electron chi connectivity index (χ3n) is 2.62. The molecule has 0 saturated heterocycles. The van der Waals surface area contributed by atoms with Crippen LogP contribution >= 0.6 is 0 Å². The quantitative estimate of drug-likeness (QED) is 0.773. The molecule has 1 rings (SSSR count). The molecule has 1 aromatic rings. The largest absolute Gasteiger partial charge is 0.476 e. The summed E-state index contributed by atoms with van der Waals surface area (Å²) in [7, 11) is 4.00. The molecule has 0 fully saturated rings. The summed E-state index contributed by atoms with van der Waals surface area (Å²) < 4.78 is 5.57. The van der Waals surface area contributed by atoms with E-state index in [0.717, 1.165) is 0 Å². The molecule has 0 aliphatic rings. The average Bonchev–Trinajstić information content (AvgIpc) is 2.26. The van der Waals surface area contributed by atoms with Crippen LogP contribution in [0.1, 0.15) is 19.5 Å². The molecule has 86 valence electrons. The van der Waals surface area contributed by atoms with E-state index in [1.54, 1.807) is 18.2 Å². The molecule has 0 saturated carbocycles. The van der Waals surface area contributed by atoms with E-state index in [4.69, 9.17) is 10.00 Å². The van der Waals surface area contributed by atoms with E-state index in [1.807, 2.05) is 20.2 Å². The molecule has 0 spiro atoms. The number of ether oxygens (including phenoxy) is 1. The third-order valence-corrected chi connectivity index (χ3v) is 2.62. The van der Waals surface area contributed by atoms with Crippen LogP contribution in [0.3, 0.4) is 0 Å². The summed E-state index contributed by atoms with van der Waals surface area (Å²) in [5.41, 5.74) is 0.310. The highest BCUT2D eigenvalue weighted by Gasteiger charge is 2.21. The fourth-order valence-corrected chi connectivity index (χ4v) is 0.937. The topological polar surface area (TPSA) is 49.1 Å². The smallest absolute Gasteiger partial charge is 0.214 e. The van der Waals surface area contributed by atoms with Crippen molar-refractivity contribution in [3.8, 4) is 11.9 Å². The average molecular weight is 219 g/mol. The van der Waals surface area contributed by atoms with E-state index >= 15 is 0 Å². The second-order valence-corrected chi connectivity index (χ2v) is 4.47. The summed E-state index contributed by atoms with van der Waals surface area (Å²) in [4.78, 5) is 6.14. The number of aromatic nitrogens is 1. The maximum Gasteiger partial charge on any atom is 0.214 e. The Morgan fingerprint density at radius 1 is 1.44 bits per heavy atom. The number of hydrogen-bond donors (Lipinski definition) is 0. The van der Waals surface area contributed by atoms with Gasteiger partial charge in [0.15, 0.2) is 0 Å². The Morgan fingerprint density at radius 2 is 2.12 bits per heavy atom. The molecule has 0 atom stereocenters. The van der Waals surface area contributed by atoms with E-state index < -0.39 is 0 Å². The Kier molecular flexibility index (Phi) is 3.86. The molecular weight excluding hydrogens is 202 g/mol. The molecule has 0 aromatic carbocycles. The minimum Gasteiger partial charge on any atom is -0.476 e. The normalized spacial score (nSPS) is 11.2. The van der Waals surface area contributed by atoms with Crippen LogP contribution < -0.4 is 4.74 Å². The van der Waals surface area contributed by atoms with Crippen LogP contribution in [0.2, 0.25) is 0 Å². The van der Waals surface area contributed by atoms with Crippen molar-refractivity contribution in [2.45, 2.75) is 19.4 Å². The Labute approximate surface area is 96.5 Å². The van der Waals surface area contributed by atoms with Gasteiger partial charge < -0.3 is 9.64 Å². The monoisotopic (exact) mass is 219 g/mol. The van der Waals surface area contributed by atoms with Gasteiger partial charge in [0.1, 0.15) is 18.4 Å². The standard InChI is InChI=1S/C12H17N3O/c1-12(2,15(3)4)9-16-11-7-5-6-10(8-13)14-11/h5-7H,9H2,1-4H3. The van der Waals surface area contributed by atoms with E-state index in [2.05, 4.69) is 23.7 Å². The van der Waals surface area contributed by atoms with E-state index in [0.29, 0.717) is 18.2 Å². The summed E-state index contributed by atoms with van der Waals surface area (Å²) in [6, 6.07) is 7.17. The zero-order valence-electron chi connectivity index (χ0n) is 10.2. The van der Waals surface area contributed by atoms with Crippen LogP contribution in [0.4, 0.5) is 0 Å². The first-order valence-corrected chi connectivity index (χ1v) is 5.13. The lowest BCUT2D eigenvalue weighted by Crippen LogP contribution is -2.43. The van der Waals surface area contributed by atoms with E-state index in [9.17, 15) is 0 Å². The molecule has 16 heavy (non-hydrogen) atoms. The second kappa shape index (κ2) is 4.95. The molecular formula is C12H17N3O. The predicted octanol–water partition coefficient (Wildman–Crippen LogP) is 1.67. The van der Waals surface area contributed by atoms with Crippen LogP contribution in [-0.4, -0.2) is 36.1 Å². The van der Waals surface area contributed by atoms with Gasteiger partial charge in [-0.05, 0) is 34.0 Å². The number of nitrogens with zero attached hydrogens (tertiary/aromatic N) is 3. The zero-order chi connectivity index (χ0) is 12.2. The molecule has 4 heteroatoms. The van der Waals surface area contributed by atoms with Gasteiger partial charge in [0.05, 0.1) is 0 Å². The highest BCUT2D eigenvalue weighted by atomic mass is 16.5. The van der Waals surface area contributed by atoms with Crippen LogP contribution in [0.25, 0.3) is 0 Å². The molecule has 0 radical (unpaired) electrons. The highest BCUT2D eigenvalue weighted by Crippen LogP contribution is 2.13. The fraction of sp³-hybridized carbons (Fsp3) is 0.500. The summed E-state index contributed by atoms with van der Waals surface area (Å²) >= 11 is 0. The summed E-state index contributed by atoms with van der Waals surface area (Å²) in [6.07, 6.45) is 0. The first-order chi connectivity index (χ1) is 7.45. The lowest BCUT2D eigenvalue weighted by atomic mass is 10.1. The minimum absolute atomic E-state index is 0.0652. The number of rotatable bonds is 4. The Balaban J connectivity index is 2.65. The van der Waals surface area contributed by atoms with E-state index in [1.165, 1.54) is 0 Å². The first kappa shape index (κ1) is 12.5. The number of likely N-dealkylation sites (N-methyl/N-ethyl adjacent to an activating group) is 1. The molecule has 0 aliphatic heterocycles. The van der Waals surface area contributed by atoms with Gasteiger partial charge in [0.2, 0.25) is 5.88 Å². The van der Waals surface area contributed by atoms with Crippen molar-refractivity contribution in [1.82, 2.24) is 9.88 Å². The maximum absolute atomic E-state index is 8.70. The Hall–Kier alpha value is -1.60. The number of nitriles is 1. The minimum atomic E-state index is -0.0652. The van der Waals surface area contributed by atoms with Gasteiger partial charge >= 0.3 is 0 Å². The van der Waals surface area contributed by atoms with Gasteiger partial charge in [0.25, 0.3) is 0 Å². The maximum atomic E-state index is 8.70. The van der Waals surface area contributed by atoms with Crippen molar-refractivity contribution >= 4 is 0 Å².